The minimum atomic E-state index is -4.55. The third-order valence-electron chi connectivity index (χ3n) is 2.50. The van der Waals surface area contributed by atoms with Gasteiger partial charge in [0.2, 0.25) is 5.82 Å². The third kappa shape index (κ3) is 5.14. The molecule has 0 aliphatic carbocycles. The maximum atomic E-state index is 12.6. The van der Waals surface area contributed by atoms with Gasteiger partial charge in [-0.15, -0.1) is 0 Å². The van der Waals surface area contributed by atoms with Gasteiger partial charge in [0.05, 0.1) is 0 Å². The second kappa shape index (κ2) is 6.83. The molecule has 1 rings (SSSR count). The molecule has 4 nitrogen and oxygen atoms in total. The summed E-state index contributed by atoms with van der Waals surface area (Å²) >= 11 is 1.71. The van der Waals surface area contributed by atoms with Crippen molar-refractivity contribution in [2.24, 2.45) is 0 Å². The lowest BCUT2D eigenvalue weighted by Crippen LogP contribution is -2.15. The number of nitrogens with zero attached hydrogens (tertiary/aromatic N) is 2. The number of thioether (sulfide) groups is 1. The zero-order valence-electron chi connectivity index (χ0n) is 11.0. The molecule has 0 aromatic carbocycles. The van der Waals surface area contributed by atoms with Crippen LogP contribution in [-0.4, -0.2) is 35.1 Å². The van der Waals surface area contributed by atoms with Gasteiger partial charge in [-0.25, -0.2) is 9.97 Å². The standard InChI is InChI=1S/C11H17F3N4S/c1-7(19-3)4-5-16-9-6-8(15-2)17-10(18-9)11(12,13)14/h6-7H,4-5H2,1-3H3,(H2,15,16,17,18). The molecule has 0 saturated heterocycles. The molecular formula is C11H17F3N4S. The highest BCUT2D eigenvalue weighted by molar-refractivity contribution is 7.99. The van der Waals surface area contributed by atoms with E-state index < -0.39 is 12.0 Å². The normalized spacial score (nSPS) is 13.2. The van der Waals surface area contributed by atoms with Crippen LogP contribution in [0.3, 0.4) is 0 Å². The van der Waals surface area contributed by atoms with Crippen molar-refractivity contribution in [3.63, 3.8) is 0 Å². The lowest BCUT2D eigenvalue weighted by atomic mass is 10.3. The summed E-state index contributed by atoms with van der Waals surface area (Å²) in [5.41, 5.74) is 0. The number of hydrogen-bond donors (Lipinski definition) is 2. The van der Waals surface area contributed by atoms with Crippen molar-refractivity contribution in [1.82, 2.24) is 9.97 Å². The summed E-state index contributed by atoms with van der Waals surface area (Å²) in [6.45, 7) is 2.63. The van der Waals surface area contributed by atoms with E-state index in [0.29, 0.717) is 11.8 Å². The van der Waals surface area contributed by atoms with Gasteiger partial charge in [-0.3, -0.25) is 0 Å². The molecular weight excluding hydrogens is 277 g/mol. The molecule has 0 spiro atoms. The second-order valence-electron chi connectivity index (χ2n) is 3.97. The maximum absolute atomic E-state index is 12.6. The quantitative estimate of drug-likeness (QED) is 0.844. The average Bonchev–Trinajstić information content (AvgIpc) is 2.37. The van der Waals surface area contributed by atoms with Gasteiger partial charge in [0.1, 0.15) is 11.6 Å². The minimum Gasteiger partial charge on any atom is -0.373 e. The fourth-order valence-corrected chi connectivity index (χ4v) is 1.67. The molecule has 1 aromatic rings. The Bertz CT molecular complexity index is 411. The molecule has 1 aromatic heterocycles. The summed E-state index contributed by atoms with van der Waals surface area (Å²) in [7, 11) is 1.52. The van der Waals surface area contributed by atoms with Gasteiger partial charge < -0.3 is 10.6 Å². The van der Waals surface area contributed by atoms with E-state index in [-0.39, 0.29) is 11.6 Å². The van der Waals surface area contributed by atoms with Crippen LogP contribution in [0.15, 0.2) is 6.07 Å². The molecule has 1 heterocycles. The minimum absolute atomic E-state index is 0.141. The average molecular weight is 294 g/mol. The smallest absolute Gasteiger partial charge is 0.373 e. The Morgan fingerprint density at radius 3 is 2.47 bits per heavy atom. The fourth-order valence-electron chi connectivity index (χ4n) is 1.31. The van der Waals surface area contributed by atoms with Crippen molar-refractivity contribution in [2.45, 2.75) is 24.8 Å². The van der Waals surface area contributed by atoms with Crippen LogP contribution in [-0.2, 0) is 6.18 Å². The van der Waals surface area contributed by atoms with E-state index in [1.807, 2.05) is 6.26 Å². The van der Waals surface area contributed by atoms with Gasteiger partial charge >= 0.3 is 6.18 Å². The van der Waals surface area contributed by atoms with Gasteiger partial charge in [-0.1, -0.05) is 6.92 Å². The summed E-state index contributed by atoms with van der Waals surface area (Å²) in [4.78, 5) is 6.87. The van der Waals surface area contributed by atoms with Crippen LogP contribution < -0.4 is 10.6 Å². The number of anilines is 2. The summed E-state index contributed by atoms with van der Waals surface area (Å²) in [5.74, 6) is -0.817. The maximum Gasteiger partial charge on any atom is 0.451 e. The summed E-state index contributed by atoms with van der Waals surface area (Å²) < 4.78 is 37.8. The highest BCUT2D eigenvalue weighted by Gasteiger charge is 2.35. The van der Waals surface area contributed by atoms with Gasteiger partial charge in [0, 0.05) is 24.9 Å². The van der Waals surface area contributed by atoms with E-state index >= 15 is 0 Å². The Labute approximate surface area is 114 Å². The van der Waals surface area contributed by atoms with Crippen molar-refractivity contribution in [3.05, 3.63) is 11.9 Å². The van der Waals surface area contributed by atoms with E-state index in [4.69, 9.17) is 0 Å². The van der Waals surface area contributed by atoms with Crippen LogP contribution in [0.25, 0.3) is 0 Å². The van der Waals surface area contributed by atoms with Gasteiger partial charge in [0.15, 0.2) is 0 Å². The molecule has 0 aliphatic heterocycles. The second-order valence-corrected chi connectivity index (χ2v) is 5.25. The van der Waals surface area contributed by atoms with Crippen LogP contribution in [0.5, 0.6) is 0 Å². The molecule has 8 heteroatoms. The molecule has 19 heavy (non-hydrogen) atoms. The van der Waals surface area contributed by atoms with Crippen molar-refractivity contribution in [3.8, 4) is 0 Å². The molecule has 1 atom stereocenters. The number of rotatable bonds is 6. The zero-order chi connectivity index (χ0) is 14.5. The van der Waals surface area contributed by atoms with E-state index in [1.165, 1.54) is 13.1 Å². The van der Waals surface area contributed by atoms with Crippen LogP contribution in [0.1, 0.15) is 19.2 Å². The van der Waals surface area contributed by atoms with E-state index in [0.717, 1.165) is 6.42 Å². The number of alkyl halides is 3. The van der Waals surface area contributed by atoms with Crippen LogP contribution >= 0.6 is 11.8 Å². The lowest BCUT2D eigenvalue weighted by Gasteiger charge is -2.12. The Morgan fingerprint density at radius 2 is 1.95 bits per heavy atom. The van der Waals surface area contributed by atoms with Gasteiger partial charge in [0.25, 0.3) is 0 Å². The Hall–Kier alpha value is -1.18. The van der Waals surface area contributed by atoms with Crippen molar-refractivity contribution >= 4 is 23.4 Å². The zero-order valence-corrected chi connectivity index (χ0v) is 11.8. The highest BCUT2D eigenvalue weighted by Crippen LogP contribution is 2.28. The molecule has 0 aliphatic rings. The van der Waals surface area contributed by atoms with Crippen molar-refractivity contribution in [2.75, 3.05) is 30.5 Å². The Balaban J connectivity index is 2.77. The van der Waals surface area contributed by atoms with Crippen LogP contribution in [0.4, 0.5) is 24.8 Å². The lowest BCUT2D eigenvalue weighted by molar-refractivity contribution is -0.144. The van der Waals surface area contributed by atoms with Crippen LogP contribution in [0.2, 0.25) is 0 Å². The molecule has 0 radical (unpaired) electrons. The molecule has 0 saturated carbocycles. The molecule has 0 fully saturated rings. The first-order valence-corrected chi connectivity index (χ1v) is 7.06. The van der Waals surface area contributed by atoms with E-state index in [9.17, 15) is 13.2 Å². The molecule has 108 valence electrons. The van der Waals surface area contributed by atoms with E-state index in [1.54, 1.807) is 11.8 Å². The first-order valence-electron chi connectivity index (χ1n) is 5.77. The Kier molecular flexibility index (Phi) is 5.71. The number of halogens is 3. The molecule has 0 bridgehead atoms. The number of nitrogens with one attached hydrogen (secondary N) is 2. The van der Waals surface area contributed by atoms with Crippen molar-refractivity contribution < 1.29 is 13.2 Å². The van der Waals surface area contributed by atoms with Gasteiger partial charge in [-0.2, -0.15) is 24.9 Å². The topological polar surface area (TPSA) is 49.8 Å². The third-order valence-corrected chi connectivity index (χ3v) is 3.54. The molecule has 2 N–H and O–H groups in total. The Morgan fingerprint density at radius 1 is 1.32 bits per heavy atom. The molecule has 1 unspecified atom stereocenters. The predicted octanol–water partition coefficient (Wildman–Crippen LogP) is 3.09. The summed E-state index contributed by atoms with van der Waals surface area (Å²) in [5, 5.41) is 5.93. The monoisotopic (exact) mass is 294 g/mol. The first kappa shape index (κ1) is 15.9. The first-order chi connectivity index (χ1) is 8.86. The van der Waals surface area contributed by atoms with Gasteiger partial charge in [-0.05, 0) is 12.7 Å². The highest BCUT2D eigenvalue weighted by atomic mass is 32.2. The SMILES string of the molecule is CNc1cc(NCCC(C)SC)nc(C(F)(F)F)n1. The molecule has 0 amide bonds. The van der Waals surface area contributed by atoms with Crippen LogP contribution in [0, 0.1) is 0 Å². The summed E-state index contributed by atoms with van der Waals surface area (Å²) in [6, 6.07) is 1.46. The van der Waals surface area contributed by atoms with E-state index in [2.05, 4.69) is 27.5 Å². The number of hydrogen-bond acceptors (Lipinski definition) is 5. The number of aromatic nitrogens is 2. The largest absolute Gasteiger partial charge is 0.451 e. The fraction of sp³-hybridized carbons (Fsp3) is 0.636. The van der Waals surface area contributed by atoms with Crippen molar-refractivity contribution in [1.29, 1.82) is 0 Å². The summed E-state index contributed by atoms with van der Waals surface area (Å²) in [6.07, 6.45) is -1.70. The predicted molar refractivity (Wildman–Crippen MR) is 72.7 cm³/mol.